The van der Waals surface area contributed by atoms with E-state index in [1.165, 1.54) is 12.1 Å². The summed E-state index contributed by atoms with van der Waals surface area (Å²) in [5.41, 5.74) is 0.664. The smallest absolute Gasteiger partial charge is 0.257 e. The molecule has 1 atom stereocenters. The number of H-pyrrole nitrogens is 1. The maximum Gasteiger partial charge on any atom is 0.257 e. The molecule has 1 unspecified atom stereocenters. The van der Waals surface area contributed by atoms with Crippen molar-refractivity contribution in [3.8, 4) is 11.3 Å². The van der Waals surface area contributed by atoms with Gasteiger partial charge in [0, 0.05) is 34.9 Å². The van der Waals surface area contributed by atoms with Crippen LogP contribution in [0.15, 0.2) is 53.5 Å². The standard InChI is InChI=1S/C23H22ClF2N5O2/c1-23(7-2-8-33-23)13-27-22(29-21(32)14-3-5-16(24)6-4-14)28-20-12-19(30-31-20)15-9-17(25)11-18(26)10-15/h3-6,9-12H,2,7-8,13H2,1H3,(H3,27,28,29,30,31,32). The van der Waals surface area contributed by atoms with Gasteiger partial charge >= 0.3 is 0 Å². The fourth-order valence-corrected chi connectivity index (χ4v) is 3.59. The van der Waals surface area contributed by atoms with Gasteiger partial charge in [-0.15, -0.1) is 0 Å². The Morgan fingerprint density at radius 3 is 2.61 bits per heavy atom. The fourth-order valence-electron chi connectivity index (χ4n) is 3.46. The Labute approximate surface area is 194 Å². The van der Waals surface area contributed by atoms with Gasteiger partial charge in [0.2, 0.25) is 5.96 Å². The summed E-state index contributed by atoms with van der Waals surface area (Å²) in [4.78, 5) is 17.2. The minimum absolute atomic E-state index is 0.162. The lowest BCUT2D eigenvalue weighted by molar-refractivity contribution is 0.0284. The van der Waals surface area contributed by atoms with Crippen LogP contribution in [0.1, 0.15) is 30.1 Å². The molecule has 2 aromatic carbocycles. The third-order valence-electron chi connectivity index (χ3n) is 5.21. The molecule has 1 aliphatic heterocycles. The van der Waals surface area contributed by atoms with Crippen LogP contribution in [0.25, 0.3) is 11.3 Å². The van der Waals surface area contributed by atoms with Gasteiger partial charge in [0.05, 0.1) is 17.8 Å². The van der Waals surface area contributed by atoms with Crippen LogP contribution < -0.4 is 10.6 Å². The van der Waals surface area contributed by atoms with E-state index in [0.717, 1.165) is 18.9 Å². The summed E-state index contributed by atoms with van der Waals surface area (Å²) in [5.74, 6) is -1.32. The Kier molecular flexibility index (Phi) is 6.71. The number of carbonyl (C=O) groups excluding carboxylic acids is 1. The number of anilines is 1. The van der Waals surface area contributed by atoms with E-state index in [-0.39, 0.29) is 5.96 Å². The van der Waals surface area contributed by atoms with E-state index in [1.807, 2.05) is 6.92 Å². The van der Waals surface area contributed by atoms with Gasteiger partial charge in [-0.05, 0) is 56.2 Å². The molecule has 0 bridgehead atoms. The van der Waals surface area contributed by atoms with Gasteiger partial charge in [-0.3, -0.25) is 15.2 Å². The zero-order chi connectivity index (χ0) is 23.4. The van der Waals surface area contributed by atoms with E-state index < -0.39 is 23.1 Å². The van der Waals surface area contributed by atoms with Crippen LogP contribution in [0.5, 0.6) is 0 Å². The van der Waals surface area contributed by atoms with Gasteiger partial charge in [-0.1, -0.05) is 11.6 Å². The molecule has 0 radical (unpaired) electrons. The minimum Gasteiger partial charge on any atom is -0.373 e. The molecule has 1 aromatic heterocycles. The molecule has 3 aromatic rings. The average molecular weight is 474 g/mol. The van der Waals surface area contributed by atoms with E-state index >= 15 is 0 Å². The molecule has 1 amide bonds. The van der Waals surface area contributed by atoms with Gasteiger partial charge < -0.3 is 10.1 Å². The molecule has 0 aliphatic carbocycles. The Bertz CT molecular complexity index is 1150. The summed E-state index contributed by atoms with van der Waals surface area (Å²) in [7, 11) is 0. The second kappa shape index (κ2) is 9.68. The van der Waals surface area contributed by atoms with E-state index in [2.05, 4.69) is 25.8 Å². The van der Waals surface area contributed by atoms with Crippen LogP contribution in [0, 0.1) is 11.6 Å². The lowest BCUT2D eigenvalue weighted by Crippen LogP contribution is -2.38. The number of amides is 1. The van der Waals surface area contributed by atoms with E-state index in [9.17, 15) is 13.6 Å². The summed E-state index contributed by atoms with van der Waals surface area (Å²) in [6.07, 6.45) is 1.80. The fraction of sp³-hybridized carbons (Fsp3) is 0.261. The quantitative estimate of drug-likeness (QED) is 0.367. The summed E-state index contributed by atoms with van der Waals surface area (Å²) < 4.78 is 32.9. The monoisotopic (exact) mass is 473 g/mol. The molecule has 1 fully saturated rings. The molecular formula is C23H22ClF2N5O2. The van der Waals surface area contributed by atoms with Crippen molar-refractivity contribution in [2.75, 3.05) is 18.5 Å². The van der Waals surface area contributed by atoms with Crippen LogP contribution in [0.2, 0.25) is 5.02 Å². The van der Waals surface area contributed by atoms with E-state index in [1.54, 1.807) is 30.3 Å². The molecule has 33 heavy (non-hydrogen) atoms. The Balaban J connectivity index is 1.54. The van der Waals surface area contributed by atoms with Gasteiger partial charge in [0.25, 0.3) is 5.91 Å². The number of aromatic nitrogens is 2. The predicted octanol–water partition coefficient (Wildman–Crippen LogP) is 4.78. The number of nitrogens with zero attached hydrogens (tertiary/aromatic N) is 2. The van der Waals surface area contributed by atoms with Crippen molar-refractivity contribution >= 4 is 29.3 Å². The van der Waals surface area contributed by atoms with Crippen molar-refractivity contribution < 1.29 is 18.3 Å². The van der Waals surface area contributed by atoms with Crippen molar-refractivity contribution in [3.63, 3.8) is 0 Å². The average Bonchev–Trinajstić information content (AvgIpc) is 3.41. The zero-order valence-corrected chi connectivity index (χ0v) is 18.5. The Hall–Kier alpha value is -3.30. The third-order valence-corrected chi connectivity index (χ3v) is 5.46. The number of aliphatic imine (C=N–C) groups is 1. The molecule has 7 nitrogen and oxygen atoms in total. The Morgan fingerprint density at radius 2 is 1.94 bits per heavy atom. The second-order valence-electron chi connectivity index (χ2n) is 7.98. The van der Waals surface area contributed by atoms with Crippen LogP contribution in [-0.2, 0) is 4.74 Å². The number of hydrogen-bond donors (Lipinski definition) is 3. The third kappa shape index (κ3) is 5.94. The number of halogens is 3. The lowest BCUT2D eigenvalue weighted by atomic mass is 10.0. The Morgan fingerprint density at radius 1 is 1.21 bits per heavy atom. The predicted molar refractivity (Wildman–Crippen MR) is 122 cm³/mol. The van der Waals surface area contributed by atoms with Gasteiger partial charge in [0.1, 0.15) is 11.6 Å². The highest BCUT2D eigenvalue weighted by molar-refractivity contribution is 6.30. The summed E-state index contributed by atoms with van der Waals surface area (Å²) in [6.45, 7) is 2.95. The summed E-state index contributed by atoms with van der Waals surface area (Å²) >= 11 is 5.90. The number of hydrogen-bond acceptors (Lipinski definition) is 4. The van der Waals surface area contributed by atoms with Crippen LogP contribution >= 0.6 is 11.6 Å². The van der Waals surface area contributed by atoms with Gasteiger partial charge in [0.15, 0.2) is 5.82 Å². The maximum atomic E-state index is 13.6. The number of guanidine groups is 1. The van der Waals surface area contributed by atoms with Crippen LogP contribution in [0.3, 0.4) is 0 Å². The van der Waals surface area contributed by atoms with Crippen LogP contribution in [0.4, 0.5) is 14.6 Å². The molecule has 4 rings (SSSR count). The number of nitrogens with one attached hydrogen (secondary N) is 3. The van der Waals surface area contributed by atoms with Crippen molar-refractivity contribution in [3.05, 3.63) is 70.8 Å². The number of carbonyl (C=O) groups is 1. The summed E-state index contributed by atoms with van der Waals surface area (Å²) in [6, 6.07) is 11.2. The molecule has 1 aliphatic rings. The molecule has 0 spiro atoms. The van der Waals surface area contributed by atoms with Gasteiger partial charge in [-0.2, -0.15) is 5.10 Å². The molecule has 0 saturated carbocycles. The molecular weight excluding hydrogens is 452 g/mol. The largest absolute Gasteiger partial charge is 0.373 e. The van der Waals surface area contributed by atoms with Crippen molar-refractivity contribution in [1.29, 1.82) is 0 Å². The highest BCUT2D eigenvalue weighted by atomic mass is 35.5. The van der Waals surface area contributed by atoms with Crippen molar-refractivity contribution in [2.24, 2.45) is 4.99 Å². The normalized spacial score (nSPS) is 18.4. The highest BCUT2D eigenvalue weighted by Gasteiger charge is 2.29. The molecule has 172 valence electrons. The number of benzene rings is 2. The molecule has 10 heteroatoms. The van der Waals surface area contributed by atoms with Crippen molar-refractivity contribution in [1.82, 2.24) is 15.5 Å². The maximum absolute atomic E-state index is 13.6. The molecule has 1 saturated heterocycles. The SMILES string of the molecule is CC1(CN=C(NC(=O)c2ccc(Cl)cc2)Nc2cc(-c3cc(F)cc(F)c3)[nH]n2)CCCO1. The molecule has 2 heterocycles. The number of rotatable bonds is 5. The topological polar surface area (TPSA) is 91.4 Å². The second-order valence-corrected chi connectivity index (χ2v) is 8.41. The lowest BCUT2D eigenvalue weighted by Gasteiger charge is -2.21. The first kappa shape index (κ1) is 22.9. The molecule has 3 N–H and O–H groups in total. The van der Waals surface area contributed by atoms with E-state index in [4.69, 9.17) is 16.3 Å². The number of aromatic amines is 1. The zero-order valence-electron chi connectivity index (χ0n) is 17.8. The highest BCUT2D eigenvalue weighted by Crippen LogP contribution is 2.25. The first-order chi connectivity index (χ1) is 15.8. The number of ether oxygens (including phenoxy) is 1. The minimum atomic E-state index is -0.698. The van der Waals surface area contributed by atoms with Crippen molar-refractivity contribution in [2.45, 2.75) is 25.4 Å². The van der Waals surface area contributed by atoms with Crippen LogP contribution in [-0.4, -0.2) is 40.8 Å². The van der Waals surface area contributed by atoms with Gasteiger partial charge in [-0.25, -0.2) is 13.8 Å². The first-order valence-electron chi connectivity index (χ1n) is 10.3. The summed E-state index contributed by atoms with van der Waals surface area (Å²) in [5, 5.41) is 13.1. The van der Waals surface area contributed by atoms with E-state index in [0.29, 0.717) is 40.8 Å². The first-order valence-corrected chi connectivity index (χ1v) is 10.7.